The fourth-order valence-corrected chi connectivity index (χ4v) is 1.36. The largest absolute Gasteiger partial charge is 0.450 e. The van der Waals surface area contributed by atoms with Gasteiger partial charge in [0.2, 0.25) is 0 Å². The van der Waals surface area contributed by atoms with E-state index < -0.39 is 6.09 Å². The SMILES string of the molecule is CCOC(=O)Nc1ccc(Br)cc1C#N. The first-order chi connectivity index (χ1) is 7.17. The molecule has 78 valence electrons. The minimum atomic E-state index is -0.559. The van der Waals surface area contributed by atoms with Gasteiger partial charge in [0.1, 0.15) is 6.07 Å². The number of ether oxygens (including phenoxy) is 1. The van der Waals surface area contributed by atoms with Gasteiger partial charge in [0.05, 0.1) is 17.9 Å². The molecule has 1 aromatic carbocycles. The lowest BCUT2D eigenvalue weighted by molar-refractivity contribution is 0.168. The zero-order valence-corrected chi connectivity index (χ0v) is 9.67. The Bertz CT molecular complexity index is 412. The lowest BCUT2D eigenvalue weighted by Gasteiger charge is -2.06. The third-order valence-electron chi connectivity index (χ3n) is 1.61. The zero-order chi connectivity index (χ0) is 11.3. The van der Waals surface area contributed by atoms with Crippen LogP contribution in [0.15, 0.2) is 22.7 Å². The van der Waals surface area contributed by atoms with Gasteiger partial charge in [0.15, 0.2) is 0 Å². The van der Waals surface area contributed by atoms with Crippen molar-refractivity contribution in [3.05, 3.63) is 28.2 Å². The second kappa shape index (κ2) is 5.37. The molecule has 0 heterocycles. The zero-order valence-electron chi connectivity index (χ0n) is 8.08. The number of nitrogens with zero attached hydrogens (tertiary/aromatic N) is 1. The smallest absolute Gasteiger partial charge is 0.411 e. The molecular weight excluding hydrogens is 260 g/mol. The molecule has 15 heavy (non-hydrogen) atoms. The molecule has 0 atom stereocenters. The minimum absolute atomic E-state index is 0.296. The first kappa shape index (κ1) is 11.5. The highest BCUT2D eigenvalue weighted by atomic mass is 79.9. The fourth-order valence-electron chi connectivity index (χ4n) is 0.995. The molecule has 0 radical (unpaired) electrons. The molecule has 0 saturated carbocycles. The number of benzene rings is 1. The van der Waals surface area contributed by atoms with E-state index in [9.17, 15) is 4.79 Å². The van der Waals surface area contributed by atoms with Crippen molar-refractivity contribution >= 4 is 27.7 Å². The molecule has 1 aromatic rings. The quantitative estimate of drug-likeness (QED) is 0.897. The third-order valence-corrected chi connectivity index (χ3v) is 2.11. The molecule has 0 fully saturated rings. The molecule has 0 aromatic heterocycles. The van der Waals surface area contributed by atoms with Gasteiger partial charge in [-0.3, -0.25) is 5.32 Å². The Labute approximate surface area is 96.0 Å². The molecule has 1 N–H and O–H groups in total. The molecule has 0 aliphatic rings. The lowest BCUT2D eigenvalue weighted by Crippen LogP contribution is -2.14. The average Bonchev–Trinajstić information content (AvgIpc) is 2.21. The van der Waals surface area contributed by atoms with Crippen molar-refractivity contribution in [3.63, 3.8) is 0 Å². The highest BCUT2D eigenvalue weighted by molar-refractivity contribution is 9.10. The lowest BCUT2D eigenvalue weighted by atomic mass is 10.2. The summed E-state index contributed by atoms with van der Waals surface area (Å²) >= 11 is 3.24. The van der Waals surface area contributed by atoms with Crippen molar-refractivity contribution in [2.45, 2.75) is 6.92 Å². The van der Waals surface area contributed by atoms with E-state index in [1.54, 1.807) is 25.1 Å². The van der Waals surface area contributed by atoms with Crippen molar-refractivity contribution in [3.8, 4) is 6.07 Å². The van der Waals surface area contributed by atoms with Gasteiger partial charge in [-0.1, -0.05) is 15.9 Å². The molecule has 0 unspecified atom stereocenters. The topological polar surface area (TPSA) is 62.1 Å². The molecule has 4 nitrogen and oxygen atoms in total. The summed E-state index contributed by atoms with van der Waals surface area (Å²) < 4.78 is 5.49. The van der Waals surface area contributed by atoms with Crippen LogP contribution >= 0.6 is 15.9 Å². The van der Waals surface area contributed by atoms with Gasteiger partial charge in [0.25, 0.3) is 0 Å². The van der Waals surface area contributed by atoms with Crippen molar-refractivity contribution in [2.24, 2.45) is 0 Å². The van der Waals surface area contributed by atoms with Gasteiger partial charge in [-0.05, 0) is 25.1 Å². The van der Waals surface area contributed by atoms with Gasteiger partial charge in [-0.25, -0.2) is 4.79 Å². The van der Waals surface area contributed by atoms with Gasteiger partial charge in [-0.15, -0.1) is 0 Å². The van der Waals surface area contributed by atoms with Gasteiger partial charge in [0, 0.05) is 4.47 Å². The molecule has 0 saturated heterocycles. The van der Waals surface area contributed by atoms with Gasteiger partial charge in [-0.2, -0.15) is 5.26 Å². The second-order valence-electron chi connectivity index (χ2n) is 2.65. The fraction of sp³-hybridized carbons (Fsp3) is 0.200. The van der Waals surface area contributed by atoms with E-state index >= 15 is 0 Å². The Balaban J connectivity index is 2.86. The Hall–Kier alpha value is -1.54. The van der Waals surface area contributed by atoms with E-state index in [-0.39, 0.29) is 0 Å². The third kappa shape index (κ3) is 3.26. The van der Waals surface area contributed by atoms with E-state index in [1.165, 1.54) is 0 Å². The van der Waals surface area contributed by atoms with Crippen LogP contribution in [0.4, 0.5) is 10.5 Å². The van der Waals surface area contributed by atoms with Crippen molar-refractivity contribution in [1.82, 2.24) is 0 Å². The first-order valence-corrected chi connectivity index (χ1v) is 5.10. The van der Waals surface area contributed by atoms with E-state index in [4.69, 9.17) is 10.00 Å². The van der Waals surface area contributed by atoms with Crippen LogP contribution in [0.1, 0.15) is 12.5 Å². The highest BCUT2D eigenvalue weighted by Crippen LogP contribution is 2.20. The predicted molar refractivity (Wildman–Crippen MR) is 59.5 cm³/mol. The number of carbonyl (C=O) groups excluding carboxylic acids is 1. The molecule has 5 heteroatoms. The Kier molecular flexibility index (Phi) is 4.13. The summed E-state index contributed by atoms with van der Waals surface area (Å²) in [5.41, 5.74) is 0.830. The van der Waals surface area contributed by atoms with Gasteiger partial charge >= 0.3 is 6.09 Å². The van der Waals surface area contributed by atoms with E-state index in [0.29, 0.717) is 17.9 Å². The van der Waals surface area contributed by atoms with Crippen LogP contribution in [0, 0.1) is 11.3 Å². The Morgan fingerprint density at radius 3 is 3.00 bits per heavy atom. The summed E-state index contributed by atoms with van der Waals surface area (Å²) in [4.78, 5) is 11.1. The number of anilines is 1. The standard InChI is InChI=1S/C10H9BrN2O2/c1-2-15-10(14)13-9-4-3-8(11)5-7(9)6-12/h3-5H,2H2,1H3,(H,13,14). The number of carbonyl (C=O) groups is 1. The Morgan fingerprint density at radius 1 is 1.67 bits per heavy atom. The molecule has 0 aliphatic carbocycles. The summed E-state index contributed by atoms with van der Waals surface area (Å²) in [5, 5.41) is 11.3. The van der Waals surface area contributed by atoms with Crippen LogP contribution in [-0.4, -0.2) is 12.7 Å². The minimum Gasteiger partial charge on any atom is -0.450 e. The summed E-state index contributed by atoms with van der Waals surface area (Å²) in [6.07, 6.45) is -0.559. The molecule has 1 amide bonds. The van der Waals surface area contributed by atoms with Crippen molar-refractivity contribution in [2.75, 3.05) is 11.9 Å². The number of hydrogen-bond acceptors (Lipinski definition) is 3. The highest BCUT2D eigenvalue weighted by Gasteiger charge is 2.06. The maximum Gasteiger partial charge on any atom is 0.411 e. The predicted octanol–water partition coefficient (Wildman–Crippen LogP) is 2.89. The van der Waals surface area contributed by atoms with E-state index in [0.717, 1.165) is 4.47 Å². The van der Waals surface area contributed by atoms with Crippen LogP contribution in [0.25, 0.3) is 0 Å². The summed E-state index contributed by atoms with van der Waals surface area (Å²) in [6.45, 7) is 2.01. The molecular formula is C10H9BrN2O2. The summed E-state index contributed by atoms with van der Waals surface area (Å²) in [5.74, 6) is 0. The maximum absolute atomic E-state index is 11.1. The summed E-state index contributed by atoms with van der Waals surface area (Å²) in [7, 11) is 0. The van der Waals surface area contributed by atoms with Crippen molar-refractivity contribution in [1.29, 1.82) is 5.26 Å². The van der Waals surface area contributed by atoms with Crippen LogP contribution in [0.5, 0.6) is 0 Å². The van der Waals surface area contributed by atoms with E-state index in [1.807, 2.05) is 6.07 Å². The number of nitriles is 1. The second-order valence-corrected chi connectivity index (χ2v) is 3.56. The summed E-state index contributed by atoms with van der Waals surface area (Å²) in [6, 6.07) is 6.99. The van der Waals surface area contributed by atoms with Crippen LogP contribution in [0.2, 0.25) is 0 Å². The average molecular weight is 269 g/mol. The molecule has 0 bridgehead atoms. The molecule has 1 rings (SSSR count). The number of hydrogen-bond donors (Lipinski definition) is 1. The molecule has 0 aliphatic heterocycles. The van der Waals surface area contributed by atoms with Gasteiger partial charge < -0.3 is 4.74 Å². The maximum atomic E-state index is 11.1. The number of halogens is 1. The Morgan fingerprint density at radius 2 is 2.40 bits per heavy atom. The normalized spacial score (nSPS) is 9.13. The number of rotatable bonds is 2. The monoisotopic (exact) mass is 268 g/mol. The van der Waals surface area contributed by atoms with Crippen molar-refractivity contribution < 1.29 is 9.53 Å². The first-order valence-electron chi connectivity index (χ1n) is 4.30. The number of nitrogens with one attached hydrogen (secondary N) is 1. The number of amides is 1. The van der Waals surface area contributed by atoms with Crippen LogP contribution < -0.4 is 5.32 Å². The van der Waals surface area contributed by atoms with Crippen LogP contribution in [0.3, 0.4) is 0 Å². The van der Waals surface area contributed by atoms with E-state index in [2.05, 4.69) is 21.2 Å². The molecule has 0 spiro atoms. The van der Waals surface area contributed by atoms with Crippen LogP contribution in [-0.2, 0) is 4.74 Å².